The molecule has 4 nitrogen and oxygen atoms in total. The highest BCUT2D eigenvalue weighted by Gasteiger charge is 2.55. The quantitative estimate of drug-likeness (QED) is 0.800. The molecule has 0 aliphatic heterocycles. The first-order valence-corrected chi connectivity index (χ1v) is 7.32. The van der Waals surface area contributed by atoms with Crippen LogP contribution in [0.4, 0.5) is 13.2 Å². The summed E-state index contributed by atoms with van der Waals surface area (Å²) in [6.07, 6.45) is 0.243. The zero-order valence-corrected chi connectivity index (χ0v) is 12.9. The zero-order chi connectivity index (χ0) is 16.3. The normalized spacial score (nSPS) is 23.7. The largest absolute Gasteiger partial charge is 0.464 e. The number of aromatic nitrogens is 2. The van der Waals surface area contributed by atoms with Crippen molar-refractivity contribution in [2.75, 3.05) is 7.11 Å². The van der Waals surface area contributed by atoms with Crippen LogP contribution >= 0.6 is 0 Å². The molecule has 2 saturated carbocycles. The Morgan fingerprint density at radius 2 is 1.91 bits per heavy atom. The number of carbonyl (C=O) groups is 1. The molecule has 0 spiro atoms. The lowest BCUT2D eigenvalue weighted by Gasteiger charge is -2.44. The van der Waals surface area contributed by atoms with Gasteiger partial charge in [0.1, 0.15) is 11.4 Å². The summed E-state index contributed by atoms with van der Waals surface area (Å²) in [6.45, 7) is 3.51. The molecule has 7 heteroatoms. The molecule has 0 unspecified atom stereocenters. The van der Waals surface area contributed by atoms with Gasteiger partial charge in [0, 0.05) is 24.9 Å². The van der Waals surface area contributed by atoms with Crippen molar-refractivity contribution in [2.24, 2.45) is 5.41 Å². The van der Waals surface area contributed by atoms with E-state index in [1.165, 1.54) is 11.8 Å². The van der Waals surface area contributed by atoms with Gasteiger partial charge in [-0.3, -0.25) is 4.68 Å². The van der Waals surface area contributed by atoms with Gasteiger partial charge in [-0.25, -0.2) is 18.0 Å². The van der Waals surface area contributed by atoms with Crippen molar-refractivity contribution in [3.8, 4) is 0 Å². The average Bonchev–Trinajstić information content (AvgIpc) is 3.02. The van der Waals surface area contributed by atoms with Crippen LogP contribution in [0.3, 0.4) is 0 Å². The maximum Gasteiger partial charge on any atom is 0.356 e. The second-order valence-corrected chi connectivity index (χ2v) is 6.96. The van der Waals surface area contributed by atoms with Crippen molar-refractivity contribution >= 4 is 5.97 Å². The van der Waals surface area contributed by atoms with Crippen molar-refractivity contribution in [2.45, 2.75) is 57.7 Å². The van der Waals surface area contributed by atoms with E-state index in [-0.39, 0.29) is 30.8 Å². The number of hydrogen-bond donors (Lipinski definition) is 0. The summed E-state index contributed by atoms with van der Waals surface area (Å²) >= 11 is 0. The molecule has 0 aromatic carbocycles. The summed E-state index contributed by atoms with van der Waals surface area (Å²) in [4.78, 5) is 12.0. The van der Waals surface area contributed by atoms with Gasteiger partial charge in [0.15, 0.2) is 5.67 Å². The number of ether oxygens (including phenoxy) is 1. The highest BCUT2D eigenvalue weighted by atomic mass is 19.3. The molecule has 3 rings (SSSR count). The predicted octanol–water partition coefficient (Wildman–Crippen LogP) is 3.37. The third-order valence-electron chi connectivity index (χ3n) is 4.58. The summed E-state index contributed by atoms with van der Waals surface area (Å²) < 4.78 is 46.8. The van der Waals surface area contributed by atoms with E-state index in [4.69, 9.17) is 4.74 Å². The number of alkyl halides is 3. The monoisotopic (exact) mass is 316 g/mol. The van der Waals surface area contributed by atoms with Gasteiger partial charge in [0.2, 0.25) is 5.92 Å². The molecule has 0 atom stereocenters. The van der Waals surface area contributed by atoms with Gasteiger partial charge in [-0.2, -0.15) is 5.10 Å². The second kappa shape index (κ2) is 4.49. The Kier molecular flexibility index (Phi) is 3.14. The van der Waals surface area contributed by atoms with Crippen LogP contribution in [0.1, 0.15) is 54.4 Å². The molecule has 1 heterocycles. The lowest BCUT2D eigenvalue weighted by Crippen LogP contribution is -2.47. The molecule has 122 valence electrons. The topological polar surface area (TPSA) is 44.1 Å². The van der Waals surface area contributed by atoms with Gasteiger partial charge >= 0.3 is 5.97 Å². The maximum absolute atomic E-state index is 14.4. The molecular weight excluding hydrogens is 297 g/mol. The van der Waals surface area contributed by atoms with E-state index in [2.05, 4.69) is 5.10 Å². The summed E-state index contributed by atoms with van der Waals surface area (Å²) in [5.74, 6) is -3.28. The molecule has 1 aromatic rings. The van der Waals surface area contributed by atoms with Crippen LogP contribution in [0.15, 0.2) is 0 Å². The van der Waals surface area contributed by atoms with Crippen LogP contribution in [0.2, 0.25) is 0 Å². The molecule has 0 radical (unpaired) electrons. The number of methoxy groups -OCH3 is 1. The molecule has 1 aromatic heterocycles. The number of carbonyl (C=O) groups excluding carboxylic acids is 1. The minimum atomic E-state index is -2.66. The fourth-order valence-corrected chi connectivity index (χ4v) is 3.46. The van der Waals surface area contributed by atoms with Crippen molar-refractivity contribution < 1.29 is 22.7 Å². The summed E-state index contributed by atoms with van der Waals surface area (Å²) in [5, 5.41) is 4.22. The smallest absolute Gasteiger partial charge is 0.356 e. The van der Waals surface area contributed by atoms with Crippen molar-refractivity contribution in [3.63, 3.8) is 0 Å². The van der Waals surface area contributed by atoms with Gasteiger partial charge < -0.3 is 4.74 Å². The minimum absolute atomic E-state index is 0.157. The van der Waals surface area contributed by atoms with Crippen molar-refractivity contribution in [1.29, 1.82) is 0 Å². The Labute approximate surface area is 126 Å². The summed E-state index contributed by atoms with van der Waals surface area (Å²) in [7, 11) is 1.24. The Balaban J connectivity index is 1.94. The molecule has 22 heavy (non-hydrogen) atoms. The number of esters is 1. The van der Waals surface area contributed by atoms with E-state index in [0.717, 1.165) is 0 Å². The molecule has 0 N–H and O–H groups in total. The number of halogens is 3. The first-order valence-electron chi connectivity index (χ1n) is 7.32. The lowest BCUT2D eigenvalue weighted by atomic mass is 9.67. The summed E-state index contributed by atoms with van der Waals surface area (Å²) in [5.41, 5.74) is -1.28. The van der Waals surface area contributed by atoms with E-state index in [1.807, 2.05) is 0 Å². The van der Waals surface area contributed by atoms with Crippen LogP contribution in [0, 0.1) is 12.3 Å². The molecule has 0 saturated heterocycles. The molecule has 2 aliphatic rings. The van der Waals surface area contributed by atoms with Gasteiger partial charge in [-0.15, -0.1) is 0 Å². The van der Waals surface area contributed by atoms with E-state index in [9.17, 15) is 18.0 Å². The van der Waals surface area contributed by atoms with Crippen LogP contribution < -0.4 is 0 Å². The first-order chi connectivity index (χ1) is 10.1. The number of hydrogen-bond acceptors (Lipinski definition) is 3. The average molecular weight is 316 g/mol. The first kappa shape index (κ1) is 15.4. The van der Waals surface area contributed by atoms with E-state index < -0.39 is 23.0 Å². The van der Waals surface area contributed by atoms with E-state index in [1.54, 1.807) is 13.8 Å². The maximum atomic E-state index is 14.4. The van der Waals surface area contributed by atoms with Gasteiger partial charge in [0.05, 0.1) is 7.11 Å². The fourth-order valence-electron chi connectivity index (χ4n) is 3.46. The van der Waals surface area contributed by atoms with Gasteiger partial charge in [-0.1, -0.05) is 6.92 Å². The Morgan fingerprint density at radius 3 is 2.36 bits per heavy atom. The number of nitrogens with zero attached hydrogens (tertiary/aromatic N) is 2. The number of rotatable bonds is 4. The highest BCUT2D eigenvalue weighted by Crippen LogP contribution is 2.54. The van der Waals surface area contributed by atoms with Gasteiger partial charge in [-0.05, 0) is 25.2 Å². The molecule has 2 fully saturated rings. The zero-order valence-electron chi connectivity index (χ0n) is 12.9. The molecule has 0 amide bonds. The minimum Gasteiger partial charge on any atom is -0.464 e. The second-order valence-electron chi connectivity index (χ2n) is 6.96. The summed E-state index contributed by atoms with van der Waals surface area (Å²) in [6, 6.07) is 0. The fraction of sp³-hybridized carbons (Fsp3) is 0.733. The molecule has 2 aliphatic carbocycles. The third-order valence-corrected chi connectivity index (χ3v) is 4.58. The standard InChI is InChI=1S/C15H19F3N2O2/c1-9-10(12(21)22-3)20(19-11(9)14(16)4-5-14)8-13(2)6-15(17,18)7-13/h4-8H2,1-3H3. The van der Waals surface area contributed by atoms with Crippen LogP contribution in [0.25, 0.3) is 0 Å². The van der Waals surface area contributed by atoms with Crippen molar-refractivity contribution in [3.05, 3.63) is 17.0 Å². The SMILES string of the molecule is COC(=O)c1c(C)c(C2(F)CC2)nn1CC1(C)CC(F)(F)C1. The van der Waals surface area contributed by atoms with Gasteiger partial charge in [0.25, 0.3) is 0 Å². The molecular formula is C15H19F3N2O2. The van der Waals surface area contributed by atoms with E-state index >= 15 is 0 Å². The predicted molar refractivity (Wildman–Crippen MR) is 72.6 cm³/mol. The van der Waals surface area contributed by atoms with Crippen molar-refractivity contribution in [1.82, 2.24) is 9.78 Å². The highest BCUT2D eigenvalue weighted by molar-refractivity contribution is 5.89. The van der Waals surface area contributed by atoms with Crippen LogP contribution in [-0.4, -0.2) is 28.8 Å². The van der Waals surface area contributed by atoms with E-state index in [0.29, 0.717) is 18.4 Å². The van der Waals surface area contributed by atoms with Crippen LogP contribution in [-0.2, 0) is 17.0 Å². The lowest BCUT2D eigenvalue weighted by molar-refractivity contribution is -0.160. The Hall–Kier alpha value is -1.53. The Bertz CT molecular complexity index is 627. The third kappa shape index (κ3) is 2.40. The van der Waals surface area contributed by atoms with Crippen LogP contribution in [0.5, 0.6) is 0 Å². The molecule has 0 bridgehead atoms. The Morgan fingerprint density at radius 1 is 1.32 bits per heavy atom.